The number of hydrogen-bond acceptors (Lipinski definition) is 6. The topological polar surface area (TPSA) is 77.1 Å². The molecule has 0 saturated carbocycles. The van der Waals surface area contributed by atoms with E-state index in [1.54, 1.807) is 7.11 Å². The fourth-order valence-corrected chi connectivity index (χ4v) is 5.41. The summed E-state index contributed by atoms with van der Waals surface area (Å²) in [5.74, 6) is 1.58. The third-order valence-corrected chi connectivity index (χ3v) is 7.23. The van der Waals surface area contributed by atoms with Gasteiger partial charge in [-0.15, -0.1) is 0 Å². The highest BCUT2D eigenvalue weighted by atomic mass is 79.9. The number of thioether (sulfide) groups is 1. The minimum atomic E-state index is -0.260. The van der Waals surface area contributed by atoms with E-state index in [-0.39, 0.29) is 25.2 Å². The van der Waals surface area contributed by atoms with Crippen molar-refractivity contribution in [3.8, 4) is 17.2 Å². The molecule has 2 heterocycles. The number of nitrogens with zero attached hydrogens (tertiary/aromatic N) is 1. The minimum Gasteiger partial charge on any atom is -0.496 e. The Morgan fingerprint density at radius 1 is 1.14 bits per heavy atom. The molecule has 0 radical (unpaired) electrons. The number of fused-ring (bicyclic) bond motifs is 2. The second-order valence-electron chi connectivity index (χ2n) is 7.83. The molecule has 2 aliphatic heterocycles. The molecule has 0 saturated heterocycles. The lowest BCUT2D eigenvalue weighted by atomic mass is 10.2. The van der Waals surface area contributed by atoms with Crippen molar-refractivity contribution < 1.29 is 23.8 Å². The summed E-state index contributed by atoms with van der Waals surface area (Å²) >= 11 is 4.88. The van der Waals surface area contributed by atoms with Crippen LogP contribution in [0.25, 0.3) is 6.08 Å². The van der Waals surface area contributed by atoms with Crippen LogP contribution in [0.3, 0.4) is 0 Å². The summed E-state index contributed by atoms with van der Waals surface area (Å²) in [6.07, 6.45) is 1.82. The van der Waals surface area contributed by atoms with Gasteiger partial charge < -0.3 is 19.5 Å². The molecule has 35 heavy (non-hydrogen) atoms. The second kappa shape index (κ2) is 10.1. The lowest BCUT2D eigenvalue weighted by molar-refractivity contribution is -0.122. The predicted octanol–water partition coefficient (Wildman–Crippen LogP) is 4.98. The Morgan fingerprint density at radius 2 is 1.97 bits per heavy atom. The van der Waals surface area contributed by atoms with Gasteiger partial charge in [0.2, 0.25) is 12.7 Å². The number of halogens is 1. The van der Waals surface area contributed by atoms with Crippen molar-refractivity contribution in [2.24, 2.45) is 0 Å². The molecule has 7 nitrogen and oxygen atoms in total. The van der Waals surface area contributed by atoms with Crippen LogP contribution in [0.4, 0.5) is 5.69 Å². The van der Waals surface area contributed by atoms with E-state index in [1.165, 1.54) is 16.7 Å². The van der Waals surface area contributed by atoms with Crippen LogP contribution in [0.15, 0.2) is 74.9 Å². The summed E-state index contributed by atoms with van der Waals surface area (Å²) in [6.45, 7) is 0.421. The van der Waals surface area contributed by atoms with Crippen LogP contribution in [0.2, 0.25) is 0 Å². The monoisotopic (exact) mass is 552 g/mol. The lowest BCUT2D eigenvalue weighted by Gasteiger charge is -2.29. The molecule has 0 atom stereocenters. The van der Waals surface area contributed by atoms with E-state index < -0.39 is 0 Å². The Morgan fingerprint density at radius 3 is 2.80 bits per heavy atom. The van der Waals surface area contributed by atoms with Gasteiger partial charge in [-0.2, -0.15) is 0 Å². The van der Waals surface area contributed by atoms with Crippen LogP contribution in [0.1, 0.15) is 11.1 Å². The summed E-state index contributed by atoms with van der Waals surface area (Å²) in [5.41, 5.74) is 2.45. The Kier molecular flexibility index (Phi) is 6.70. The maximum Gasteiger partial charge on any atom is 0.265 e. The summed E-state index contributed by atoms with van der Waals surface area (Å²) in [6, 6.07) is 18.7. The summed E-state index contributed by atoms with van der Waals surface area (Å²) < 4.78 is 16.8. The molecular weight excluding hydrogens is 532 g/mol. The van der Waals surface area contributed by atoms with E-state index in [1.807, 2.05) is 66.7 Å². The number of benzene rings is 3. The van der Waals surface area contributed by atoms with Crippen molar-refractivity contribution in [3.05, 3.63) is 81.2 Å². The molecule has 0 bridgehead atoms. The molecular formula is C26H21BrN2O5S. The molecule has 1 N–H and O–H groups in total. The number of carbonyl (C=O) groups is 2. The van der Waals surface area contributed by atoms with Crippen LogP contribution in [0, 0.1) is 0 Å². The number of amides is 2. The third-order valence-electron chi connectivity index (χ3n) is 5.53. The zero-order valence-corrected chi connectivity index (χ0v) is 21.1. The number of anilines is 1. The van der Waals surface area contributed by atoms with Gasteiger partial charge >= 0.3 is 0 Å². The quantitative estimate of drug-likeness (QED) is 0.434. The van der Waals surface area contributed by atoms with Gasteiger partial charge in [-0.25, -0.2) is 0 Å². The summed E-state index contributed by atoms with van der Waals surface area (Å²) in [4.78, 5) is 29.2. The van der Waals surface area contributed by atoms with Crippen LogP contribution < -0.4 is 24.4 Å². The van der Waals surface area contributed by atoms with Crippen molar-refractivity contribution in [2.45, 2.75) is 11.4 Å². The first-order chi connectivity index (χ1) is 17.0. The van der Waals surface area contributed by atoms with Crippen molar-refractivity contribution in [3.63, 3.8) is 0 Å². The maximum atomic E-state index is 13.4. The fourth-order valence-electron chi connectivity index (χ4n) is 3.79. The third kappa shape index (κ3) is 5.01. The van der Waals surface area contributed by atoms with E-state index in [2.05, 4.69) is 21.2 Å². The maximum absolute atomic E-state index is 13.4. The van der Waals surface area contributed by atoms with Gasteiger partial charge in [0.05, 0.1) is 22.2 Å². The van der Waals surface area contributed by atoms with Crippen LogP contribution in [-0.4, -0.2) is 32.3 Å². The Labute approximate surface area is 215 Å². The van der Waals surface area contributed by atoms with Gasteiger partial charge in [-0.05, 0) is 69.5 Å². The summed E-state index contributed by atoms with van der Waals surface area (Å²) in [7, 11) is 1.60. The van der Waals surface area contributed by atoms with E-state index >= 15 is 0 Å². The average Bonchev–Trinajstić information content (AvgIpc) is 3.33. The standard InChI is InChI=1S/C26H21BrN2O5S/c1-32-20-8-6-16(10-18(20)27)12-24-26(31)29(19-4-2-3-5-23(19)35-24)14-25(30)28-13-17-7-9-21-22(11-17)34-15-33-21/h2-12H,13-15H2,1H3,(H,28,30)/b24-12+. The number of ether oxygens (including phenoxy) is 3. The van der Waals surface area contributed by atoms with Gasteiger partial charge in [0.1, 0.15) is 12.3 Å². The SMILES string of the molecule is COc1ccc(/C=C2/Sc3ccccc3N(CC(=O)NCc3ccc4c(c3)OCO4)C2=O)cc1Br. The first kappa shape index (κ1) is 23.3. The number of para-hydroxylation sites is 1. The predicted molar refractivity (Wildman–Crippen MR) is 138 cm³/mol. The minimum absolute atomic E-state index is 0.0927. The molecule has 0 aromatic heterocycles. The van der Waals surface area contributed by atoms with Gasteiger partial charge in [-0.1, -0.05) is 36.0 Å². The highest BCUT2D eigenvalue weighted by Crippen LogP contribution is 2.42. The highest BCUT2D eigenvalue weighted by molar-refractivity contribution is 9.10. The van der Waals surface area contributed by atoms with Crippen molar-refractivity contribution >= 4 is 51.3 Å². The average molecular weight is 553 g/mol. The van der Waals surface area contributed by atoms with Crippen molar-refractivity contribution in [2.75, 3.05) is 25.3 Å². The molecule has 178 valence electrons. The van der Waals surface area contributed by atoms with Gasteiger partial charge in [0.15, 0.2) is 11.5 Å². The van der Waals surface area contributed by atoms with Gasteiger partial charge in [-0.3, -0.25) is 14.5 Å². The van der Waals surface area contributed by atoms with E-state index in [0.717, 1.165) is 20.5 Å². The molecule has 3 aromatic carbocycles. The van der Waals surface area contributed by atoms with Crippen molar-refractivity contribution in [1.82, 2.24) is 5.32 Å². The normalized spacial score (nSPS) is 15.2. The molecule has 0 spiro atoms. The first-order valence-electron chi connectivity index (χ1n) is 10.8. The molecule has 5 rings (SSSR count). The molecule has 0 aliphatic carbocycles. The molecule has 2 amide bonds. The molecule has 2 aliphatic rings. The Hall–Kier alpha value is -3.43. The largest absolute Gasteiger partial charge is 0.496 e. The summed E-state index contributed by atoms with van der Waals surface area (Å²) in [5, 5.41) is 2.90. The Bertz CT molecular complexity index is 1340. The second-order valence-corrected chi connectivity index (χ2v) is 9.77. The van der Waals surface area contributed by atoms with Crippen LogP contribution >= 0.6 is 27.7 Å². The first-order valence-corrected chi connectivity index (χ1v) is 12.4. The number of hydrogen-bond donors (Lipinski definition) is 1. The smallest absolute Gasteiger partial charge is 0.265 e. The van der Waals surface area contributed by atoms with E-state index in [9.17, 15) is 9.59 Å². The molecule has 0 unspecified atom stereocenters. The zero-order chi connectivity index (χ0) is 24.4. The number of nitrogens with one attached hydrogen (secondary N) is 1. The number of carbonyl (C=O) groups excluding carboxylic acids is 2. The lowest BCUT2D eigenvalue weighted by Crippen LogP contribution is -2.42. The van der Waals surface area contributed by atoms with Crippen molar-refractivity contribution in [1.29, 1.82) is 0 Å². The van der Waals surface area contributed by atoms with Gasteiger partial charge in [0.25, 0.3) is 5.91 Å². The van der Waals surface area contributed by atoms with E-state index in [4.69, 9.17) is 14.2 Å². The number of rotatable bonds is 6. The fraction of sp³-hybridized carbons (Fsp3) is 0.154. The highest BCUT2D eigenvalue weighted by Gasteiger charge is 2.30. The molecule has 9 heteroatoms. The Balaban J connectivity index is 1.34. The van der Waals surface area contributed by atoms with Crippen LogP contribution in [-0.2, 0) is 16.1 Å². The molecule has 0 fully saturated rings. The zero-order valence-electron chi connectivity index (χ0n) is 18.7. The van der Waals surface area contributed by atoms with Crippen LogP contribution in [0.5, 0.6) is 17.2 Å². The molecule has 3 aromatic rings. The van der Waals surface area contributed by atoms with Gasteiger partial charge in [0, 0.05) is 11.4 Å². The number of methoxy groups -OCH3 is 1. The van der Waals surface area contributed by atoms with E-state index in [0.29, 0.717) is 34.4 Å².